The standard InChI is InChI=1S/C4H10N2O2/c1-3-6(8-2)4(5)7/h3H2,1-2H3,(H2,5,7). The lowest BCUT2D eigenvalue weighted by atomic mass is 10.7. The molecule has 0 aromatic carbocycles. The number of carbonyl (C=O) groups excluding carboxylic acids is 1. The Morgan fingerprint density at radius 3 is 2.38 bits per heavy atom. The second-order valence-corrected chi connectivity index (χ2v) is 1.22. The van der Waals surface area contributed by atoms with Crippen LogP contribution < -0.4 is 5.73 Å². The van der Waals surface area contributed by atoms with Crippen LogP contribution >= 0.6 is 0 Å². The first-order valence-corrected chi connectivity index (χ1v) is 2.33. The van der Waals surface area contributed by atoms with Crippen molar-refractivity contribution in [2.75, 3.05) is 13.7 Å². The van der Waals surface area contributed by atoms with Crippen molar-refractivity contribution < 1.29 is 9.63 Å². The first kappa shape index (κ1) is 7.23. The van der Waals surface area contributed by atoms with Crippen LogP contribution in [0.4, 0.5) is 4.79 Å². The van der Waals surface area contributed by atoms with E-state index in [1.807, 2.05) is 0 Å². The summed E-state index contributed by atoms with van der Waals surface area (Å²) in [6.45, 7) is 2.25. The lowest BCUT2D eigenvalue weighted by Crippen LogP contribution is -2.34. The van der Waals surface area contributed by atoms with Gasteiger partial charge in [-0.05, 0) is 6.92 Å². The topological polar surface area (TPSA) is 55.6 Å². The minimum Gasteiger partial charge on any atom is -0.350 e. The molecule has 0 radical (unpaired) electrons. The summed E-state index contributed by atoms with van der Waals surface area (Å²) in [6.07, 6.45) is 0. The van der Waals surface area contributed by atoms with Crippen LogP contribution in [0, 0.1) is 0 Å². The molecule has 0 aliphatic carbocycles. The molecular weight excluding hydrogens is 108 g/mol. The smallest absolute Gasteiger partial charge is 0.338 e. The number of carbonyl (C=O) groups is 1. The van der Waals surface area contributed by atoms with Crippen molar-refractivity contribution in [3.05, 3.63) is 0 Å². The molecule has 0 unspecified atom stereocenters. The molecule has 0 aromatic rings. The molecule has 2 N–H and O–H groups in total. The van der Waals surface area contributed by atoms with Crippen molar-refractivity contribution in [1.82, 2.24) is 5.06 Å². The third-order valence-corrected chi connectivity index (χ3v) is 0.753. The molecule has 4 nitrogen and oxygen atoms in total. The number of nitrogens with two attached hydrogens (primary N) is 1. The number of amides is 2. The lowest BCUT2D eigenvalue weighted by molar-refractivity contribution is -0.0792. The summed E-state index contributed by atoms with van der Waals surface area (Å²) in [7, 11) is 1.40. The lowest BCUT2D eigenvalue weighted by Gasteiger charge is -2.12. The second-order valence-electron chi connectivity index (χ2n) is 1.22. The molecule has 2 amide bonds. The van der Waals surface area contributed by atoms with Crippen LogP contribution in [0.2, 0.25) is 0 Å². The van der Waals surface area contributed by atoms with E-state index in [1.165, 1.54) is 7.11 Å². The first-order valence-electron chi connectivity index (χ1n) is 2.33. The number of nitrogens with zero attached hydrogens (tertiary/aromatic N) is 1. The summed E-state index contributed by atoms with van der Waals surface area (Å²) in [5.74, 6) is 0. The summed E-state index contributed by atoms with van der Waals surface area (Å²) in [4.78, 5) is 14.7. The molecule has 0 aliphatic heterocycles. The van der Waals surface area contributed by atoms with Crippen molar-refractivity contribution in [3.8, 4) is 0 Å². The molecule has 48 valence electrons. The van der Waals surface area contributed by atoms with Crippen molar-refractivity contribution in [1.29, 1.82) is 0 Å². The molecule has 0 rings (SSSR count). The van der Waals surface area contributed by atoms with Crippen molar-refractivity contribution in [2.24, 2.45) is 5.73 Å². The maximum absolute atomic E-state index is 10.2. The van der Waals surface area contributed by atoms with Gasteiger partial charge in [0.05, 0.1) is 7.11 Å². The third-order valence-electron chi connectivity index (χ3n) is 0.753. The van der Waals surface area contributed by atoms with E-state index in [-0.39, 0.29) is 0 Å². The van der Waals surface area contributed by atoms with E-state index >= 15 is 0 Å². The molecule has 0 aromatic heterocycles. The number of primary amides is 1. The average Bonchev–Trinajstić information content (AvgIpc) is 1.69. The van der Waals surface area contributed by atoms with Crippen molar-refractivity contribution in [2.45, 2.75) is 6.92 Å². The molecule has 4 heteroatoms. The third kappa shape index (κ3) is 1.79. The molecule has 0 saturated carbocycles. The molecule has 0 aliphatic rings. The molecule has 0 heterocycles. The Morgan fingerprint density at radius 1 is 1.88 bits per heavy atom. The fraction of sp³-hybridized carbons (Fsp3) is 0.750. The van der Waals surface area contributed by atoms with E-state index in [4.69, 9.17) is 5.73 Å². The van der Waals surface area contributed by atoms with Crippen molar-refractivity contribution >= 4 is 6.03 Å². The van der Waals surface area contributed by atoms with Gasteiger partial charge in [-0.2, -0.15) is 0 Å². The van der Waals surface area contributed by atoms with Crippen LogP contribution in [0.1, 0.15) is 6.92 Å². The zero-order valence-corrected chi connectivity index (χ0v) is 5.05. The number of hydroxylamine groups is 2. The first-order chi connectivity index (χ1) is 3.72. The maximum atomic E-state index is 10.2. The largest absolute Gasteiger partial charge is 0.350 e. The average molecular weight is 118 g/mol. The van der Waals surface area contributed by atoms with Gasteiger partial charge in [0.2, 0.25) is 0 Å². The minimum atomic E-state index is -0.560. The Kier molecular flexibility index (Phi) is 2.95. The molecule has 0 saturated heterocycles. The van der Waals surface area contributed by atoms with Crippen LogP contribution in [-0.2, 0) is 4.84 Å². The highest BCUT2D eigenvalue weighted by molar-refractivity contribution is 5.70. The van der Waals surface area contributed by atoms with Crippen molar-refractivity contribution in [3.63, 3.8) is 0 Å². The summed E-state index contributed by atoms with van der Waals surface area (Å²) in [5, 5.41) is 1.06. The Morgan fingerprint density at radius 2 is 2.38 bits per heavy atom. The second kappa shape index (κ2) is 3.26. The Balaban J connectivity index is 3.52. The zero-order chi connectivity index (χ0) is 6.57. The van der Waals surface area contributed by atoms with E-state index in [2.05, 4.69) is 4.84 Å². The van der Waals surface area contributed by atoms with Crippen LogP contribution in [0.15, 0.2) is 0 Å². The summed E-state index contributed by atoms with van der Waals surface area (Å²) >= 11 is 0. The highest BCUT2D eigenvalue weighted by Gasteiger charge is 2.01. The number of rotatable bonds is 2. The van der Waals surface area contributed by atoms with Crippen LogP contribution in [0.3, 0.4) is 0 Å². The fourth-order valence-electron chi connectivity index (χ4n) is 0.375. The highest BCUT2D eigenvalue weighted by Crippen LogP contribution is 1.83. The van der Waals surface area contributed by atoms with E-state index in [1.54, 1.807) is 6.92 Å². The van der Waals surface area contributed by atoms with Gasteiger partial charge in [0.25, 0.3) is 0 Å². The van der Waals surface area contributed by atoms with Gasteiger partial charge in [0.1, 0.15) is 0 Å². The van der Waals surface area contributed by atoms with E-state index in [0.717, 1.165) is 5.06 Å². The van der Waals surface area contributed by atoms with Gasteiger partial charge in [-0.25, -0.2) is 9.86 Å². The predicted molar refractivity (Wildman–Crippen MR) is 29.0 cm³/mol. The normalized spacial score (nSPS) is 8.75. The maximum Gasteiger partial charge on any atom is 0.338 e. The van der Waals surface area contributed by atoms with Gasteiger partial charge >= 0.3 is 6.03 Å². The van der Waals surface area contributed by atoms with Crippen LogP contribution in [0.5, 0.6) is 0 Å². The highest BCUT2D eigenvalue weighted by atomic mass is 16.7. The molecular formula is C4H10N2O2. The van der Waals surface area contributed by atoms with Gasteiger partial charge in [-0.1, -0.05) is 0 Å². The van der Waals surface area contributed by atoms with E-state index in [0.29, 0.717) is 6.54 Å². The monoisotopic (exact) mass is 118 g/mol. The van der Waals surface area contributed by atoms with Gasteiger partial charge in [0.15, 0.2) is 0 Å². The zero-order valence-electron chi connectivity index (χ0n) is 5.05. The van der Waals surface area contributed by atoms with Gasteiger partial charge < -0.3 is 5.73 Å². The van der Waals surface area contributed by atoms with Gasteiger partial charge in [-0.15, -0.1) is 0 Å². The number of hydrogen-bond acceptors (Lipinski definition) is 2. The minimum absolute atomic E-state index is 0.478. The van der Waals surface area contributed by atoms with Gasteiger partial charge in [0, 0.05) is 6.54 Å². The van der Waals surface area contributed by atoms with E-state index < -0.39 is 6.03 Å². The van der Waals surface area contributed by atoms with Gasteiger partial charge in [-0.3, -0.25) is 4.84 Å². The fourth-order valence-corrected chi connectivity index (χ4v) is 0.375. The predicted octanol–water partition coefficient (Wildman–Crippen LogP) is -0.0516. The van der Waals surface area contributed by atoms with E-state index in [9.17, 15) is 4.79 Å². The summed E-state index contributed by atoms with van der Waals surface area (Å²) in [5.41, 5.74) is 4.82. The van der Waals surface area contributed by atoms with Crippen LogP contribution in [0.25, 0.3) is 0 Å². The molecule has 8 heavy (non-hydrogen) atoms. The molecule has 0 fully saturated rings. The summed E-state index contributed by atoms with van der Waals surface area (Å²) < 4.78 is 0. The Hall–Kier alpha value is -0.770. The Bertz CT molecular complexity index is 80.1. The molecule has 0 bridgehead atoms. The molecule has 0 spiro atoms. The van der Waals surface area contributed by atoms with Crippen LogP contribution in [-0.4, -0.2) is 24.7 Å². The number of urea groups is 1. The molecule has 0 atom stereocenters. The Labute approximate surface area is 48.2 Å². The SMILES string of the molecule is CCN(OC)C(N)=O. The quantitative estimate of drug-likeness (QED) is 0.517. The summed E-state index contributed by atoms with van der Waals surface area (Å²) in [6, 6.07) is -0.560. The number of hydrogen-bond donors (Lipinski definition) is 1.